The van der Waals surface area contributed by atoms with E-state index in [1.54, 1.807) is 6.92 Å². The van der Waals surface area contributed by atoms with Crippen LogP contribution in [0.4, 0.5) is 0 Å². The van der Waals surface area contributed by atoms with E-state index in [4.69, 9.17) is 4.74 Å². The standard InChI is InChI=1S/C32H52O4/c1-17(2)19(4)31(7)16-26(31)18(3)23-9-10-24-29-25(15-28(32(23,24)8)36-20(5)33)30(6)12-11-22(34)13-21(30)14-27(29)35/h14,17-19,22-29,34-35H,9-13,15-16H2,1-8H3/t18-,19?,22-,23+,24-,25-,26+,27+,28+,29-,30-,31+,32+/m0/s1. The molecule has 13 atom stereocenters. The molecule has 0 heterocycles. The van der Waals surface area contributed by atoms with Crippen LogP contribution in [0.15, 0.2) is 11.6 Å². The number of carbonyl (C=O) groups excluding carboxylic acids is 1. The van der Waals surface area contributed by atoms with E-state index in [9.17, 15) is 15.0 Å². The van der Waals surface area contributed by atoms with Crippen LogP contribution in [-0.4, -0.2) is 34.5 Å². The molecule has 204 valence electrons. The lowest BCUT2D eigenvalue weighted by atomic mass is 9.45. The number of aliphatic hydroxyl groups excluding tert-OH is 2. The van der Waals surface area contributed by atoms with Gasteiger partial charge in [0.15, 0.2) is 0 Å². The fraction of sp³-hybridized carbons (Fsp3) is 0.906. The maximum atomic E-state index is 12.4. The summed E-state index contributed by atoms with van der Waals surface area (Å²) < 4.78 is 6.27. The monoisotopic (exact) mass is 500 g/mol. The quantitative estimate of drug-likeness (QED) is 0.339. The molecular formula is C32H52O4. The molecule has 0 bridgehead atoms. The Hall–Kier alpha value is -0.870. The minimum Gasteiger partial charge on any atom is -0.462 e. The molecule has 1 unspecified atom stereocenters. The van der Waals surface area contributed by atoms with Crippen molar-refractivity contribution >= 4 is 5.97 Å². The number of hydrogen-bond acceptors (Lipinski definition) is 4. The SMILES string of the molecule is CC(=O)O[C@@H]1C[C@H]2[C@@H]([C@H](O)C=C3C[C@@H](O)CC[C@@]32C)[C@@H]2CC[C@H]([C@H](C)[C@H]3C[C@]3(C)C(C)C(C)C)[C@@]12C. The van der Waals surface area contributed by atoms with Crippen LogP contribution in [0.5, 0.6) is 0 Å². The molecule has 5 aliphatic carbocycles. The highest BCUT2D eigenvalue weighted by Gasteiger charge is 2.68. The van der Waals surface area contributed by atoms with Crippen molar-refractivity contribution in [3.63, 3.8) is 0 Å². The summed E-state index contributed by atoms with van der Waals surface area (Å²) in [5.74, 6) is 3.93. The van der Waals surface area contributed by atoms with E-state index in [1.807, 2.05) is 0 Å². The molecule has 0 saturated heterocycles. The highest BCUT2D eigenvalue weighted by Crippen LogP contribution is 2.71. The molecule has 0 spiro atoms. The van der Waals surface area contributed by atoms with Crippen molar-refractivity contribution < 1.29 is 19.7 Å². The van der Waals surface area contributed by atoms with Crippen molar-refractivity contribution in [2.24, 2.45) is 63.6 Å². The van der Waals surface area contributed by atoms with Gasteiger partial charge < -0.3 is 14.9 Å². The largest absolute Gasteiger partial charge is 0.462 e. The molecule has 0 aromatic carbocycles. The molecule has 2 N–H and O–H groups in total. The van der Waals surface area contributed by atoms with Crippen LogP contribution in [0.25, 0.3) is 0 Å². The van der Waals surface area contributed by atoms with Gasteiger partial charge in [-0.1, -0.05) is 60.1 Å². The molecule has 36 heavy (non-hydrogen) atoms. The number of ether oxygens (including phenoxy) is 1. The number of aliphatic hydroxyl groups is 2. The molecule has 4 heteroatoms. The van der Waals surface area contributed by atoms with Gasteiger partial charge in [0.1, 0.15) is 6.10 Å². The predicted molar refractivity (Wildman–Crippen MR) is 143 cm³/mol. The Balaban J connectivity index is 1.49. The zero-order valence-corrected chi connectivity index (χ0v) is 24.1. The van der Waals surface area contributed by atoms with Crippen LogP contribution in [0.1, 0.15) is 100 Å². The minimum absolute atomic E-state index is 0.0195. The second-order valence-corrected chi connectivity index (χ2v) is 14.9. The summed E-state index contributed by atoms with van der Waals surface area (Å²) in [6.07, 6.45) is 8.14. The molecule has 0 aliphatic heterocycles. The summed E-state index contributed by atoms with van der Waals surface area (Å²) in [6, 6.07) is 0. The average molecular weight is 501 g/mol. The lowest BCUT2D eigenvalue weighted by Crippen LogP contribution is -2.60. The predicted octanol–water partition coefficient (Wildman–Crippen LogP) is 6.39. The number of rotatable bonds is 5. The highest BCUT2D eigenvalue weighted by atomic mass is 16.5. The zero-order valence-electron chi connectivity index (χ0n) is 24.1. The zero-order chi connectivity index (χ0) is 26.4. The Labute approximate surface area is 219 Å². The van der Waals surface area contributed by atoms with Crippen LogP contribution in [0.3, 0.4) is 0 Å². The van der Waals surface area contributed by atoms with Gasteiger partial charge >= 0.3 is 5.97 Å². The lowest BCUT2D eigenvalue weighted by Gasteiger charge is -2.61. The number of hydrogen-bond donors (Lipinski definition) is 2. The second kappa shape index (κ2) is 8.83. The first-order valence-corrected chi connectivity index (χ1v) is 15.0. The van der Waals surface area contributed by atoms with E-state index in [1.165, 1.54) is 18.4 Å². The van der Waals surface area contributed by atoms with E-state index in [0.29, 0.717) is 47.3 Å². The maximum absolute atomic E-state index is 12.4. The van der Waals surface area contributed by atoms with E-state index in [0.717, 1.165) is 31.6 Å². The summed E-state index contributed by atoms with van der Waals surface area (Å²) in [6.45, 7) is 18.5. The molecule has 5 rings (SSSR count). The topological polar surface area (TPSA) is 66.8 Å². The van der Waals surface area contributed by atoms with Crippen molar-refractivity contribution in [1.82, 2.24) is 0 Å². The average Bonchev–Trinajstić information content (AvgIpc) is 3.36. The van der Waals surface area contributed by atoms with Crippen LogP contribution in [0, 0.1) is 63.6 Å². The van der Waals surface area contributed by atoms with E-state index >= 15 is 0 Å². The van der Waals surface area contributed by atoms with Crippen molar-refractivity contribution in [3.8, 4) is 0 Å². The van der Waals surface area contributed by atoms with Gasteiger partial charge in [-0.2, -0.15) is 0 Å². The Morgan fingerprint density at radius 1 is 1.03 bits per heavy atom. The van der Waals surface area contributed by atoms with Crippen LogP contribution in [-0.2, 0) is 9.53 Å². The smallest absolute Gasteiger partial charge is 0.302 e. The first-order valence-electron chi connectivity index (χ1n) is 15.0. The fourth-order valence-corrected chi connectivity index (χ4v) is 10.6. The van der Waals surface area contributed by atoms with Gasteiger partial charge in [0.2, 0.25) is 0 Å². The van der Waals surface area contributed by atoms with Crippen molar-refractivity contribution in [3.05, 3.63) is 11.6 Å². The van der Waals surface area contributed by atoms with Gasteiger partial charge in [-0.15, -0.1) is 0 Å². The van der Waals surface area contributed by atoms with E-state index in [-0.39, 0.29) is 34.9 Å². The number of fused-ring (bicyclic) bond motifs is 5. The third-order valence-corrected chi connectivity index (χ3v) is 13.2. The summed E-state index contributed by atoms with van der Waals surface area (Å²) in [7, 11) is 0. The van der Waals surface area contributed by atoms with Gasteiger partial charge in [-0.3, -0.25) is 4.79 Å². The Morgan fingerprint density at radius 3 is 2.36 bits per heavy atom. The first kappa shape index (κ1) is 26.7. The maximum Gasteiger partial charge on any atom is 0.302 e. The summed E-state index contributed by atoms with van der Waals surface area (Å²) >= 11 is 0. The molecule has 0 aromatic heterocycles. The van der Waals surface area contributed by atoms with Crippen LogP contribution in [0.2, 0.25) is 0 Å². The number of esters is 1. The molecular weight excluding hydrogens is 448 g/mol. The van der Waals surface area contributed by atoms with Crippen molar-refractivity contribution in [2.45, 2.75) is 119 Å². The Kier molecular flexibility index (Phi) is 6.56. The third-order valence-electron chi connectivity index (χ3n) is 13.2. The van der Waals surface area contributed by atoms with Crippen molar-refractivity contribution in [1.29, 1.82) is 0 Å². The van der Waals surface area contributed by atoms with Gasteiger partial charge in [0.25, 0.3) is 0 Å². The van der Waals surface area contributed by atoms with Crippen LogP contribution < -0.4 is 0 Å². The number of carbonyl (C=O) groups is 1. The first-order chi connectivity index (χ1) is 16.7. The molecule has 4 saturated carbocycles. The van der Waals surface area contributed by atoms with Gasteiger partial charge in [-0.05, 0) is 103 Å². The lowest BCUT2D eigenvalue weighted by molar-refractivity contribution is -0.188. The summed E-state index contributed by atoms with van der Waals surface area (Å²) in [4.78, 5) is 12.4. The third kappa shape index (κ3) is 3.78. The molecule has 4 nitrogen and oxygen atoms in total. The van der Waals surface area contributed by atoms with Crippen LogP contribution >= 0.6 is 0 Å². The second-order valence-electron chi connectivity index (χ2n) is 14.9. The molecule has 4 fully saturated rings. The van der Waals surface area contributed by atoms with Gasteiger partial charge in [0, 0.05) is 12.3 Å². The Morgan fingerprint density at radius 2 is 1.72 bits per heavy atom. The van der Waals surface area contributed by atoms with Gasteiger partial charge in [0.05, 0.1) is 12.2 Å². The molecule has 0 radical (unpaired) electrons. The van der Waals surface area contributed by atoms with Gasteiger partial charge in [-0.25, -0.2) is 0 Å². The summed E-state index contributed by atoms with van der Waals surface area (Å²) in [5, 5.41) is 22.0. The fourth-order valence-electron chi connectivity index (χ4n) is 10.6. The van der Waals surface area contributed by atoms with E-state index in [2.05, 4.69) is 54.5 Å². The van der Waals surface area contributed by atoms with Crippen molar-refractivity contribution in [2.75, 3.05) is 0 Å². The normalized spacial score (nSPS) is 51.5. The summed E-state index contributed by atoms with van der Waals surface area (Å²) in [5.41, 5.74) is 1.52. The van der Waals surface area contributed by atoms with E-state index < -0.39 is 6.10 Å². The Bertz CT molecular complexity index is 910. The molecule has 0 aromatic rings. The molecule has 0 amide bonds. The minimum atomic E-state index is -0.466. The highest BCUT2D eigenvalue weighted by molar-refractivity contribution is 5.66. The molecule has 5 aliphatic rings.